The lowest BCUT2D eigenvalue weighted by molar-refractivity contribution is -0.0563. The fourth-order valence-electron chi connectivity index (χ4n) is 9.79. The van der Waals surface area contributed by atoms with Crippen molar-refractivity contribution in [1.29, 1.82) is 0 Å². The number of rotatable bonds is 9. The number of allylic oxidation sites excluding steroid dienone is 1. The fourth-order valence-corrected chi connectivity index (χ4v) is 12.3. The standard InChI is InChI=1S/C32H60O2Si2/c1-23(12-11-13-24(2)33-35(5,6)7)28-16-17-29-27-15-14-25-22-26(34-36(8,9)10)18-20-31(25,3)30(27)19-21-32(28,29)4/h14,23-24,26-30H,11-13,15-22H2,1-10H3/t23-,24?,26?,27?,28?,29?,30?,31?,32?/m0/s1. The molecule has 3 fully saturated rings. The highest BCUT2D eigenvalue weighted by Crippen LogP contribution is 2.67. The van der Waals surface area contributed by atoms with Crippen LogP contribution >= 0.6 is 0 Å². The summed E-state index contributed by atoms with van der Waals surface area (Å²) in [6.07, 6.45) is 18.7. The van der Waals surface area contributed by atoms with Crippen molar-refractivity contribution < 1.29 is 8.85 Å². The van der Waals surface area contributed by atoms with Crippen molar-refractivity contribution in [3.63, 3.8) is 0 Å². The van der Waals surface area contributed by atoms with E-state index in [9.17, 15) is 0 Å². The van der Waals surface area contributed by atoms with E-state index in [-0.39, 0.29) is 0 Å². The van der Waals surface area contributed by atoms with Crippen LogP contribution in [-0.2, 0) is 8.85 Å². The predicted molar refractivity (Wildman–Crippen MR) is 160 cm³/mol. The number of hydrogen-bond donors (Lipinski definition) is 0. The zero-order valence-corrected chi connectivity index (χ0v) is 27.7. The van der Waals surface area contributed by atoms with E-state index in [4.69, 9.17) is 8.85 Å². The molecule has 0 saturated heterocycles. The molecule has 4 aliphatic rings. The molecule has 0 bridgehead atoms. The van der Waals surface area contributed by atoms with Crippen LogP contribution in [0.3, 0.4) is 0 Å². The summed E-state index contributed by atoms with van der Waals surface area (Å²) >= 11 is 0. The summed E-state index contributed by atoms with van der Waals surface area (Å²) in [5, 5.41) is 0. The first-order valence-corrected chi connectivity index (χ1v) is 22.5. The molecule has 8 unspecified atom stereocenters. The summed E-state index contributed by atoms with van der Waals surface area (Å²) in [5.41, 5.74) is 2.79. The molecule has 0 aromatic heterocycles. The van der Waals surface area contributed by atoms with Crippen molar-refractivity contribution in [2.75, 3.05) is 0 Å². The fraction of sp³-hybridized carbons (Fsp3) is 0.938. The lowest BCUT2D eigenvalue weighted by Crippen LogP contribution is -2.51. The van der Waals surface area contributed by atoms with Crippen molar-refractivity contribution in [3.8, 4) is 0 Å². The Hall–Kier alpha value is 0.0938. The minimum atomic E-state index is -1.47. The van der Waals surface area contributed by atoms with E-state index in [1.54, 1.807) is 5.57 Å². The van der Waals surface area contributed by atoms with Gasteiger partial charge in [-0.3, -0.25) is 0 Å². The summed E-state index contributed by atoms with van der Waals surface area (Å²) in [6, 6.07) is 0. The predicted octanol–water partition coefficient (Wildman–Crippen LogP) is 9.83. The monoisotopic (exact) mass is 532 g/mol. The zero-order valence-electron chi connectivity index (χ0n) is 25.7. The van der Waals surface area contributed by atoms with Crippen LogP contribution in [0, 0.1) is 40.4 Å². The molecule has 0 aromatic carbocycles. The van der Waals surface area contributed by atoms with Crippen LogP contribution in [0.25, 0.3) is 0 Å². The molecule has 4 aliphatic carbocycles. The van der Waals surface area contributed by atoms with Gasteiger partial charge in [0, 0.05) is 12.2 Å². The molecule has 0 aromatic rings. The molecule has 0 heterocycles. The quantitative estimate of drug-likeness (QED) is 0.217. The van der Waals surface area contributed by atoms with E-state index in [1.807, 2.05) is 0 Å². The second kappa shape index (κ2) is 10.6. The van der Waals surface area contributed by atoms with E-state index in [1.165, 1.54) is 70.6 Å². The Kier molecular flexibility index (Phi) is 8.55. The maximum atomic E-state index is 6.60. The van der Waals surface area contributed by atoms with Crippen LogP contribution < -0.4 is 0 Å². The van der Waals surface area contributed by atoms with E-state index in [2.05, 4.69) is 73.1 Å². The summed E-state index contributed by atoms with van der Waals surface area (Å²) in [5.74, 6) is 4.57. The molecule has 3 saturated carbocycles. The molecular weight excluding hydrogens is 473 g/mol. The van der Waals surface area contributed by atoms with Gasteiger partial charge in [0.1, 0.15) is 0 Å². The SMILES string of the molecule is CC(CCC[C@H](C)C1CCC2C3CC=C4CC(O[Si](C)(C)C)CCC4(C)C3CCC21C)O[Si](C)(C)C. The molecule has 4 heteroatoms. The van der Waals surface area contributed by atoms with Crippen LogP contribution in [0.4, 0.5) is 0 Å². The maximum absolute atomic E-state index is 6.60. The second-order valence-electron chi connectivity index (χ2n) is 16.0. The number of fused-ring (bicyclic) bond motifs is 5. The molecule has 0 N–H and O–H groups in total. The van der Waals surface area contributed by atoms with Crippen molar-refractivity contribution in [2.45, 2.75) is 150 Å². The molecule has 4 rings (SSSR count). The van der Waals surface area contributed by atoms with Gasteiger partial charge >= 0.3 is 0 Å². The normalized spacial score (nSPS) is 40.6. The molecule has 0 spiro atoms. The molecule has 0 radical (unpaired) electrons. The van der Waals surface area contributed by atoms with Gasteiger partial charge in [-0.05, 0) is 144 Å². The van der Waals surface area contributed by atoms with Crippen LogP contribution in [0.1, 0.15) is 98.3 Å². The molecule has 36 heavy (non-hydrogen) atoms. The van der Waals surface area contributed by atoms with Gasteiger partial charge in [-0.2, -0.15) is 0 Å². The Balaban J connectivity index is 1.38. The topological polar surface area (TPSA) is 18.5 Å². The smallest absolute Gasteiger partial charge is 0.184 e. The Morgan fingerprint density at radius 1 is 0.889 bits per heavy atom. The highest BCUT2D eigenvalue weighted by molar-refractivity contribution is 6.70. The first-order chi connectivity index (χ1) is 16.6. The van der Waals surface area contributed by atoms with Crippen LogP contribution in [-0.4, -0.2) is 28.8 Å². The Bertz CT molecular complexity index is 795. The van der Waals surface area contributed by atoms with Gasteiger partial charge in [-0.25, -0.2) is 0 Å². The van der Waals surface area contributed by atoms with Crippen molar-refractivity contribution in [1.82, 2.24) is 0 Å². The summed E-state index contributed by atoms with van der Waals surface area (Å²) in [7, 11) is -2.88. The first-order valence-electron chi connectivity index (χ1n) is 15.7. The van der Waals surface area contributed by atoms with Crippen molar-refractivity contribution in [2.24, 2.45) is 40.4 Å². The van der Waals surface area contributed by atoms with Gasteiger partial charge < -0.3 is 8.85 Å². The third-order valence-electron chi connectivity index (χ3n) is 11.2. The van der Waals surface area contributed by atoms with Gasteiger partial charge in [0.2, 0.25) is 0 Å². The molecular formula is C32H60O2Si2. The first kappa shape index (κ1) is 29.1. The largest absolute Gasteiger partial charge is 0.415 e. The average Bonchev–Trinajstić information content (AvgIpc) is 3.09. The summed E-state index contributed by atoms with van der Waals surface area (Å²) < 4.78 is 12.9. The van der Waals surface area contributed by atoms with Gasteiger partial charge in [0.05, 0.1) is 0 Å². The minimum Gasteiger partial charge on any atom is -0.415 e. The van der Waals surface area contributed by atoms with Crippen LogP contribution in [0.5, 0.6) is 0 Å². The van der Waals surface area contributed by atoms with Gasteiger partial charge in [0.15, 0.2) is 16.6 Å². The van der Waals surface area contributed by atoms with E-state index >= 15 is 0 Å². The summed E-state index contributed by atoms with van der Waals surface area (Å²) in [4.78, 5) is 0. The summed E-state index contributed by atoms with van der Waals surface area (Å²) in [6.45, 7) is 24.3. The average molecular weight is 533 g/mol. The van der Waals surface area contributed by atoms with E-state index in [0.29, 0.717) is 23.0 Å². The lowest BCUT2D eigenvalue weighted by atomic mass is 9.47. The third-order valence-corrected chi connectivity index (χ3v) is 13.3. The third kappa shape index (κ3) is 6.12. The molecule has 0 aliphatic heterocycles. The number of hydrogen-bond acceptors (Lipinski definition) is 2. The lowest BCUT2D eigenvalue weighted by Gasteiger charge is -2.58. The van der Waals surface area contributed by atoms with Crippen LogP contribution in [0.15, 0.2) is 11.6 Å². The molecule has 9 atom stereocenters. The van der Waals surface area contributed by atoms with Gasteiger partial charge in [0.25, 0.3) is 0 Å². The maximum Gasteiger partial charge on any atom is 0.184 e. The highest BCUT2D eigenvalue weighted by atomic mass is 28.4. The molecule has 208 valence electrons. The van der Waals surface area contributed by atoms with Crippen molar-refractivity contribution in [3.05, 3.63) is 11.6 Å². The molecule has 0 amide bonds. The molecule has 2 nitrogen and oxygen atoms in total. The minimum absolute atomic E-state index is 0.432. The van der Waals surface area contributed by atoms with Gasteiger partial charge in [-0.1, -0.05) is 45.3 Å². The van der Waals surface area contributed by atoms with Crippen molar-refractivity contribution >= 4 is 16.6 Å². The van der Waals surface area contributed by atoms with E-state index in [0.717, 1.165) is 29.6 Å². The van der Waals surface area contributed by atoms with Crippen LogP contribution in [0.2, 0.25) is 39.3 Å². The Morgan fingerprint density at radius 2 is 1.61 bits per heavy atom. The van der Waals surface area contributed by atoms with E-state index < -0.39 is 16.6 Å². The highest BCUT2D eigenvalue weighted by Gasteiger charge is 2.59. The van der Waals surface area contributed by atoms with Gasteiger partial charge in [-0.15, -0.1) is 0 Å². The second-order valence-corrected chi connectivity index (χ2v) is 25.0. The Labute approximate surface area is 227 Å². The zero-order chi connectivity index (χ0) is 26.5. The Morgan fingerprint density at radius 3 is 2.28 bits per heavy atom.